The molecule has 1 heterocycles. The molecule has 1 aliphatic heterocycles. The van der Waals surface area contributed by atoms with Gasteiger partial charge in [0.25, 0.3) is 0 Å². The molecule has 1 amide bonds. The SMILES string of the molecule is N#Cc1cccc(COc2cccc(NC(=O)C3(c4cccc(C(F)(F)F)c4)CCOCC3)c2)c1. The minimum Gasteiger partial charge on any atom is -0.489 e. The number of amides is 1. The van der Waals surface area contributed by atoms with Crippen molar-refractivity contribution in [3.8, 4) is 11.8 Å². The molecule has 0 saturated carbocycles. The van der Waals surface area contributed by atoms with Gasteiger partial charge in [0.2, 0.25) is 5.91 Å². The van der Waals surface area contributed by atoms with Crippen LogP contribution in [-0.2, 0) is 27.7 Å². The number of anilines is 1. The topological polar surface area (TPSA) is 71.3 Å². The van der Waals surface area contributed by atoms with E-state index in [0.29, 0.717) is 22.6 Å². The molecule has 1 N–H and O–H groups in total. The Morgan fingerprint density at radius 2 is 1.77 bits per heavy atom. The lowest BCUT2D eigenvalue weighted by molar-refractivity contribution is -0.138. The molecular weight excluding hydrogens is 457 g/mol. The van der Waals surface area contributed by atoms with Gasteiger partial charge in [-0.05, 0) is 54.3 Å². The van der Waals surface area contributed by atoms with Crippen LogP contribution in [0.5, 0.6) is 5.75 Å². The molecule has 5 nitrogen and oxygen atoms in total. The van der Waals surface area contributed by atoms with E-state index in [0.717, 1.165) is 17.7 Å². The number of carbonyl (C=O) groups excluding carboxylic acids is 1. The molecule has 0 unspecified atom stereocenters. The number of alkyl halides is 3. The Morgan fingerprint density at radius 3 is 2.51 bits per heavy atom. The van der Waals surface area contributed by atoms with E-state index in [1.807, 2.05) is 6.07 Å². The number of halogens is 3. The summed E-state index contributed by atoms with van der Waals surface area (Å²) >= 11 is 0. The summed E-state index contributed by atoms with van der Waals surface area (Å²) in [4.78, 5) is 13.5. The van der Waals surface area contributed by atoms with E-state index in [2.05, 4.69) is 11.4 Å². The highest BCUT2D eigenvalue weighted by Crippen LogP contribution is 2.39. The molecule has 8 heteroatoms. The van der Waals surface area contributed by atoms with Gasteiger partial charge in [0.15, 0.2) is 0 Å². The number of nitrogens with one attached hydrogen (secondary N) is 1. The van der Waals surface area contributed by atoms with Crippen molar-refractivity contribution in [2.45, 2.75) is 31.0 Å². The Bertz CT molecular complexity index is 1240. The molecule has 0 aliphatic carbocycles. The predicted octanol–water partition coefficient (Wildman–Crippen LogP) is 5.84. The van der Waals surface area contributed by atoms with E-state index in [1.165, 1.54) is 6.07 Å². The van der Waals surface area contributed by atoms with Gasteiger partial charge in [0, 0.05) is 25.0 Å². The van der Waals surface area contributed by atoms with E-state index < -0.39 is 17.2 Å². The van der Waals surface area contributed by atoms with Crippen LogP contribution in [0.2, 0.25) is 0 Å². The molecular formula is C27H23F3N2O3. The van der Waals surface area contributed by atoms with Crippen molar-refractivity contribution in [3.05, 3.63) is 95.1 Å². The van der Waals surface area contributed by atoms with E-state index in [9.17, 15) is 18.0 Å². The molecule has 1 fully saturated rings. The molecule has 35 heavy (non-hydrogen) atoms. The van der Waals surface area contributed by atoms with Crippen LogP contribution in [-0.4, -0.2) is 19.1 Å². The van der Waals surface area contributed by atoms with Gasteiger partial charge in [-0.2, -0.15) is 18.4 Å². The van der Waals surface area contributed by atoms with Crippen molar-refractivity contribution >= 4 is 11.6 Å². The molecule has 1 aliphatic rings. The van der Waals surface area contributed by atoms with Gasteiger partial charge in [-0.3, -0.25) is 4.79 Å². The third-order valence-corrected chi connectivity index (χ3v) is 6.08. The zero-order chi connectivity index (χ0) is 24.9. The third-order valence-electron chi connectivity index (χ3n) is 6.08. The van der Waals surface area contributed by atoms with Crippen molar-refractivity contribution in [1.29, 1.82) is 5.26 Å². The van der Waals surface area contributed by atoms with Crippen LogP contribution in [0, 0.1) is 11.3 Å². The number of rotatable bonds is 6. The van der Waals surface area contributed by atoms with Crippen molar-refractivity contribution < 1.29 is 27.4 Å². The minimum absolute atomic E-state index is 0.235. The zero-order valence-electron chi connectivity index (χ0n) is 18.8. The van der Waals surface area contributed by atoms with Gasteiger partial charge in [0.05, 0.1) is 22.6 Å². The van der Waals surface area contributed by atoms with Crippen LogP contribution in [0.1, 0.15) is 35.1 Å². The summed E-state index contributed by atoms with van der Waals surface area (Å²) in [6.07, 6.45) is -3.96. The summed E-state index contributed by atoms with van der Waals surface area (Å²) in [6, 6.07) is 20.9. The van der Waals surface area contributed by atoms with Crippen molar-refractivity contribution in [1.82, 2.24) is 0 Å². The lowest BCUT2D eigenvalue weighted by atomic mass is 9.73. The second-order valence-corrected chi connectivity index (χ2v) is 8.36. The normalized spacial score (nSPS) is 15.1. The summed E-state index contributed by atoms with van der Waals surface area (Å²) in [5, 5.41) is 11.9. The molecule has 4 rings (SSSR count). The van der Waals surface area contributed by atoms with Crippen LogP contribution in [0.15, 0.2) is 72.8 Å². The van der Waals surface area contributed by atoms with Crippen molar-refractivity contribution in [2.24, 2.45) is 0 Å². The minimum atomic E-state index is -4.50. The Morgan fingerprint density at radius 1 is 1.03 bits per heavy atom. The van der Waals surface area contributed by atoms with E-state index in [-0.39, 0.29) is 38.6 Å². The third kappa shape index (κ3) is 5.64. The Balaban J connectivity index is 1.53. The highest BCUT2D eigenvalue weighted by molar-refractivity contribution is 5.99. The highest BCUT2D eigenvalue weighted by Gasteiger charge is 2.43. The number of nitriles is 1. The predicted molar refractivity (Wildman–Crippen MR) is 124 cm³/mol. The maximum atomic E-state index is 13.5. The number of ether oxygens (including phenoxy) is 2. The molecule has 0 radical (unpaired) electrons. The van der Waals surface area contributed by atoms with Gasteiger partial charge in [0.1, 0.15) is 12.4 Å². The maximum absolute atomic E-state index is 13.5. The Labute approximate surface area is 201 Å². The zero-order valence-corrected chi connectivity index (χ0v) is 18.8. The number of benzene rings is 3. The first-order chi connectivity index (χ1) is 16.8. The molecule has 0 bridgehead atoms. The monoisotopic (exact) mass is 480 g/mol. The summed E-state index contributed by atoms with van der Waals surface area (Å²) in [5.41, 5.74) is 0.208. The molecule has 3 aromatic carbocycles. The molecule has 0 aromatic heterocycles. The molecule has 180 valence electrons. The number of carbonyl (C=O) groups is 1. The lowest BCUT2D eigenvalue weighted by Gasteiger charge is -2.36. The Hall–Kier alpha value is -3.83. The van der Waals surface area contributed by atoms with Gasteiger partial charge < -0.3 is 14.8 Å². The maximum Gasteiger partial charge on any atom is 0.416 e. The first kappa shape index (κ1) is 24.3. The standard InChI is InChI=1S/C27H23F3N2O3/c28-27(29,30)22-7-2-6-21(15-22)26(10-12-34-13-11-26)25(33)32-23-8-3-9-24(16-23)35-18-20-5-1-4-19(14-20)17-31/h1-9,14-16H,10-13,18H2,(H,32,33). The second-order valence-electron chi connectivity index (χ2n) is 8.36. The fraction of sp³-hybridized carbons (Fsp3) is 0.259. The summed E-state index contributed by atoms with van der Waals surface area (Å²) < 4.78 is 51.2. The largest absolute Gasteiger partial charge is 0.489 e. The fourth-order valence-electron chi connectivity index (χ4n) is 4.17. The molecule has 1 saturated heterocycles. The van der Waals surface area contributed by atoms with Gasteiger partial charge in [-0.25, -0.2) is 0 Å². The molecule has 3 aromatic rings. The number of nitrogens with zero attached hydrogens (tertiary/aromatic N) is 1. The van der Waals surface area contributed by atoms with Crippen LogP contribution >= 0.6 is 0 Å². The summed E-state index contributed by atoms with van der Waals surface area (Å²) in [7, 11) is 0. The first-order valence-corrected chi connectivity index (χ1v) is 11.1. The van der Waals surface area contributed by atoms with Crippen LogP contribution in [0.25, 0.3) is 0 Å². The van der Waals surface area contributed by atoms with Crippen molar-refractivity contribution in [3.63, 3.8) is 0 Å². The fourth-order valence-corrected chi connectivity index (χ4v) is 4.17. The summed E-state index contributed by atoms with van der Waals surface area (Å²) in [6.45, 7) is 0.779. The molecule has 0 spiro atoms. The van der Waals surface area contributed by atoms with E-state index in [1.54, 1.807) is 48.5 Å². The van der Waals surface area contributed by atoms with Crippen LogP contribution < -0.4 is 10.1 Å². The highest BCUT2D eigenvalue weighted by atomic mass is 19.4. The van der Waals surface area contributed by atoms with Crippen molar-refractivity contribution in [2.75, 3.05) is 18.5 Å². The van der Waals surface area contributed by atoms with E-state index in [4.69, 9.17) is 14.7 Å². The second kappa shape index (κ2) is 10.2. The van der Waals surface area contributed by atoms with Crippen LogP contribution in [0.3, 0.4) is 0 Å². The summed E-state index contributed by atoms with van der Waals surface area (Å²) in [5.74, 6) is 0.115. The van der Waals surface area contributed by atoms with Gasteiger partial charge >= 0.3 is 6.18 Å². The Kier molecular flexibility index (Phi) is 7.08. The number of hydrogen-bond donors (Lipinski definition) is 1. The van der Waals surface area contributed by atoms with Gasteiger partial charge in [-0.1, -0.05) is 36.4 Å². The first-order valence-electron chi connectivity index (χ1n) is 11.1. The van der Waals surface area contributed by atoms with Gasteiger partial charge in [-0.15, -0.1) is 0 Å². The average molecular weight is 480 g/mol. The smallest absolute Gasteiger partial charge is 0.416 e. The van der Waals surface area contributed by atoms with Crippen LogP contribution in [0.4, 0.5) is 18.9 Å². The van der Waals surface area contributed by atoms with E-state index >= 15 is 0 Å². The average Bonchev–Trinajstić information content (AvgIpc) is 2.88. The molecule has 0 atom stereocenters. The number of hydrogen-bond acceptors (Lipinski definition) is 4. The quantitative estimate of drug-likeness (QED) is 0.481. The lowest BCUT2D eigenvalue weighted by Crippen LogP contribution is -2.45.